The Morgan fingerprint density at radius 3 is 2.72 bits per heavy atom. The monoisotopic (exact) mass is 409 g/mol. The third-order valence-electron chi connectivity index (χ3n) is 4.31. The van der Waals surface area contributed by atoms with Crippen molar-refractivity contribution in [1.82, 2.24) is 29.5 Å². The quantitative estimate of drug-likeness (QED) is 0.538. The normalized spacial score (nSPS) is 10.9. The number of benzene rings is 1. The fourth-order valence-electron chi connectivity index (χ4n) is 2.91. The molecular formula is C19H16ClN7O2. The molecule has 0 aliphatic carbocycles. The summed E-state index contributed by atoms with van der Waals surface area (Å²) in [4.78, 5) is 33.5. The average molecular weight is 410 g/mol. The van der Waals surface area contributed by atoms with E-state index in [9.17, 15) is 9.59 Å². The minimum Gasteiger partial charge on any atom is -0.355 e. The van der Waals surface area contributed by atoms with E-state index >= 15 is 0 Å². The minimum atomic E-state index is -0.498. The average Bonchev–Trinajstić information content (AvgIpc) is 3.30. The minimum absolute atomic E-state index is 0.133. The Morgan fingerprint density at radius 1 is 1.14 bits per heavy atom. The molecule has 0 bridgehead atoms. The molecule has 0 aliphatic heterocycles. The van der Waals surface area contributed by atoms with Crippen LogP contribution in [0.2, 0.25) is 5.02 Å². The lowest BCUT2D eigenvalue weighted by atomic mass is 10.2. The van der Waals surface area contributed by atoms with Crippen LogP contribution in [0.3, 0.4) is 0 Å². The van der Waals surface area contributed by atoms with Gasteiger partial charge in [-0.2, -0.15) is 10.1 Å². The first-order chi connectivity index (χ1) is 14.0. The Hall–Kier alpha value is -3.72. The van der Waals surface area contributed by atoms with Crippen LogP contribution in [0, 0.1) is 0 Å². The zero-order valence-corrected chi connectivity index (χ0v) is 16.3. The number of halogens is 1. The maximum Gasteiger partial charge on any atom is 0.275 e. The van der Waals surface area contributed by atoms with E-state index in [0.717, 1.165) is 5.56 Å². The molecule has 2 N–H and O–H groups in total. The number of hydrogen-bond donors (Lipinski definition) is 2. The Kier molecular flexibility index (Phi) is 4.73. The molecule has 0 atom stereocenters. The molecule has 0 saturated carbocycles. The van der Waals surface area contributed by atoms with Crippen LogP contribution in [0.15, 0.2) is 48.9 Å². The molecular weight excluding hydrogens is 394 g/mol. The van der Waals surface area contributed by atoms with Crippen molar-refractivity contribution in [2.45, 2.75) is 0 Å². The molecule has 0 spiro atoms. The largest absolute Gasteiger partial charge is 0.355 e. The summed E-state index contributed by atoms with van der Waals surface area (Å²) in [6.07, 6.45) is 4.91. The van der Waals surface area contributed by atoms with Crippen molar-refractivity contribution in [2.75, 3.05) is 12.4 Å². The SMILES string of the molecule is CNC(=O)c1cnn(C)c1C(=O)Nc1ccn2cc(-c3cccc(Cl)c3)nc2n1. The second-order valence-corrected chi connectivity index (χ2v) is 6.66. The van der Waals surface area contributed by atoms with Gasteiger partial charge >= 0.3 is 0 Å². The van der Waals surface area contributed by atoms with Gasteiger partial charge in [0.15, 0.2) is 0 Å². The van der Waals surface area contributed by atoms with Gasteiger partial charge in [-0.1, -0.05) is 23.7 Å². The van der Waals surface area contributed by atoms with Crippen LogP contribution in [0.5, 0.6) is 0 Å². The van der Waals surface area contributed by atoms with Gasteiger partial charge < -0.3 is 10.6 Å². The van der Waals surface area contributed by atoms with Crippen LogP contribution in [-0.4, -0.2) is 43.0 Å². The maximum absolute atomic E-state index is 12.7. The van der Waals surface area contributed by atoms with Gasteiger partial charge in [-0.05, 0) is 18.2 Å². The van der Waals surface area contributed by atoms with E-state index < -0.39 is 11.8 Å². The molecule has 0 saturated heterocycles. The number of carbonyl (C=O) groups is 2. The van der Waals surface area contributed by atoms with Crippen LogP contribution >= 0.6 is 11.6 Å². The molecule has 0 aliphatic rings. The molecule has 9 nitrogen and oxygen atoms in total. The number of nitrogens with one attached hydrogen (secondary N) is 2. The second kappa shape index (κ2) is 7.36. The number of aromatic nitrogens is 5. The van der Waals surface area contributed by atoms with E-state index in [2.05, 4.69) is 25.7 Å². The van der Waals surface area contributed by atoms with Crippen molar-refractivity contribution in [3.63, 3.8) is 0 Å². The lowest BCUT2D eigenvalue weighted by Gasteiger charge is -2.07. The van der Waals surface area contributed by atoms with E-state index in [0.29, 0.717) is 22.3 Å². The number of hydrogen-bond acceptors (Lipinski definition) is 5. The van der Waals surface area contributed by atoms with Gasteiger partial charge in [0.25, 0.3) is 11.8 Å². The Balaban J connectivity index is 1.63. The molecule has 1 aromatic carbocycles. The number of imidazole rings is 1. The highest BCUT2D eigenvalue weighted by Gasteiger charge is 2.22. The predicted octanol–water partition coefficient (Wildman–Crippen LogP) is 2.40. The maximum atomic E-state index is 12.7. The summed E-state index contributed by atoms with van der Waals surface area (Å²) in [5, 5.41) is 9.78. The van der Waals surface area contributed by atoms with E-state index in [1.54, 1.807) is 29.8 Å². The van der Waals surface area contributed by atoms with Gasteiger partial charge in [0.1, 0.15) is 11.5 Å². The summed E-state index contributed by atoms with van der Waals surface area (Å²) in [5.74, 6) is -0.183. The van der Waals surface area contributed by atoms with Gasteiger partial charge in [0.2, 0.25) is 5.78 Å². The molecule has 4 aromatic rings. The summed E-state index contributed by atoms with van der Waals surface area (Å²) in [5.41, 5.74) is 1.88. The third kappa shape index (κ3) is 3.55. The molecule has 3 aromatic heterocycles. The first-order valence-corrected chi connectivity index (χ1v) is 9.01. The second-order valence-electron chi connectivity index (χ2n) is 6.22. The fourth-order valence-corrected chi connectivity index (χ4v) is 3.10. The first kappa shape index (κ1) is 18.6. The van der Waals surface area contributed by atoms with Crippen molar-refractivity contribution >= 4 is 35.0 Å². The van der Waals surface area contributed by atoms with Crippen molar-refractivity contribution in [1.29, 1.82) is 0 Å². The van der Waals surface area contributed by atoms with E-state index in [1.807, 2.05) is 24.4 Å². The third-order valence-corrected chi connectivity index (χ3v) is 4.55. The highest BCUT2D eigenvalue weighted by atomic mass is 35.5. The van der Waals surface area contributed by atoms with Crippen LogP contribution < -0.4 is 10.6 Å². The van der Waals surface area contributed by atoms with Crippen LogP contribution in [0.1, 0.15) is 20.8 Å². The lowest BCUT2D eigenvalue weighted by molar-refractivity contribution is 0.0946. The van der Waals surface area contributed by atoms with Gasteiger partial charge in [-0.25, -0.2) is 4.98 Å². The summed E-state index contributed by atoms with van der Waals surface area (Å²) >= 11 is 6.05. The van der Waals surface area contributed by atoms with Crippen molar-refractivity contribution in [2.24, 2.45) is 7.05 Å². The number of amides is 2. The molecule has 29 heavy (non-hydrogen) atoms. The molecule has 4 rings (SSSR count). The zero-order chi connectivity index (χ0) is 20.5. The van der Waals surface area contributed by atoms with Gasteiger partial charge in [-0.3, -0.25) is 18.7 Å². The number of anilines is 1. The summed E-state index contributed by atoms with van der Waals surface area (Å²) < 4.78 is 3.08. The topological polar surface area (TPSA) is 106 Å². The Morgan fingerprint density at radius 2 is 1.97 bits per heavy atom. The van der Waals surface area contributed by atoms with Crippen molar-refractivity contribution < 1.29 is 9.59 Å². The molecule has 146 valence electrons. The molecule has 0 fully saturated rings. The van der Waals surface area contributed by atoms with E-state index in [1.165, 1.54) is 17.9 Å². The Bertz CT molecular complexity index is 1240. The highest BCUT2D eigenvalue weighted by Crippen LogP contribution is 2.22. The zero-order valence-electron chi connectivity index (χ0n) is 15.5. The lowest BCUT2D eigenvalue weighted by Crippen LogP contribution is -2.24. The molecule has 2 amide bonds. The smallest absolute Gasteiger partial charge is 0.275 e. The van der Waals surface area contributed by atoms with Gasteiger partial charge in [0, 0.05) is 37.1 Å². The summed E-state index contributed by atoms with van der Waals surface area (Å²) in [7, 11) is 3.08. The number of aryl methyl sites for hydroxylation is 1. The molecule has 0 unspecified atom stereocenters. The number of carbonyl (C=O) groups excluding carboxylic acids is 2. The van der Waals surface area contributed by atoms with Crippen molar-refractivity contribution in [3.05, 3.63) is 65.2 Å². The summed E-state index contributed by atoms with van der Waals surface area (Å²) in [6, 6.07) is 9.00. The number of rotatable bonds is 4. The fraction of sp³-hybridized carbons (Fsp3) is 0.105. The molecule has 0 radical (unpaired) electrons. The van der Waals surface area contributed by atoms with E-state index in [-0.39, 0.29) is 11.3 Å². The van der Waals surface area contributed by atoms with Gasteiger partial charge in [0.05, 0.1) is 17.5 Å². The van der Waals surface area contributed by atoms with Crippen molar-refractivity contribution in [3.8, 4) is 11.3 Å². The Labute approximate surface area is 170 Å². The predicted molar refractivity (Wildman–Crippen MR) is 108 cm³/mol. The van der Waals surface area contributed by atoms with Crippen LogP contribution in [0.25, 0.3) is 17.0 Å². The van der Waals surface area contributed by atoms with Crippen LogP contribution in [-0.2, 0) is 7.05 Å². The molecule has 3 heterocycles. The standard InChI is InChI=1S/C19H16ClN7O2/c1-21-17(28)13-9-22-26(2)16(13)18(29)24-15-6-7-27-10-14(23-19(27)25-15)11-4-3-5-12(20)8-11/h3-10H,1-2H3,(H,21,28)(H,23,24,25,29). The molecule has 10 heteroatoms. The van der Waals surface area contributed by atoms with E-state index in [4.69, 9.17) is 11.6 Å². The highest BCUT2D eigenvalue weighted by molar-refractivity contribution is 6.30. The van der Waals surface area contributed by atoms with Crippen LogP contribution in [0.4, 0.5) is 5.82 Å². The first-order valence-electron chi connectivity index (χ1n) is 8.63. The number of nitrogens with zero attached hydrogens (tertiary/aromatic N) is 5. The summed E-state index contributed by atoms with van der Waals surface area (Å²) in [6.45, 7) is 0. The van der Waals surface area contributed by atoms with Gasteiger partial charge in [-0.15, -0.1) is 0 Å². The number of fused-ring (bicyclic) bond motifs is 1.